The number of rotatable bonds is 5. The molecule has 104 valence electrons. The molecule has 2 rings (SSSR count). The van der Waals surface area contributed by atoms with Crippen LogP contribution in [0.5, 0.6) is 0 Å². The average Bonchev–Trinajstić information content (AvgIpc) is 2.97. The lowest BCUT2D eigenvalue weighted by atomic mass is 10.4. The summed E-state index contributed by atoms with van der Waals surface area (Å²) >= 11 is 0. The highest BCUT2D eigenvalue weighted by Gasteiger charge is 2.25. The Kier molecular flexibility index (Phi) is 3.69. The Hall–Kier alpha value is -1.71. The minimum Gasteiger partial charge on any atom is -0.326 e. The van der Waals surface area contributed by atoms with E-state index >= 15 is 0 Å². The van der Waals surface area contributed by atoms with Crippen LogP contribution in [0.15, 0.2) is 23.6 Å². The van der Waals surface area contributed by atoms with E-state index in [1.165, 1.54) is 17.5 Å². The van der Waals surface area contributed by atoms with E-state index in [1.807, 2.05) is 0 Å². The minimum absolute atomic E-state index is 0.0430. The predicted molar refractivity (Wildman–Crippen MR) is 68.3 cm³/mol. The van der Waals surface area contributed by atoms with Gasteiger partial charge >= 0.3 is 0 Å². The van der Waals surface area contributed by atoms with Crippen molar-refractivity contribution >= 4 is 10.0 Å². The Morgan fingerprint density at radius 3 is 2.79 bits per heavy atom. The van der Waals surface area contributed by atoms with Gasteiger partial charge in [-0.2, -0.15) is 14.5 Å². The zero-order valence-electron chi connectivity index (χ0n) is 10.7. The maximum atomic E-state index is 12.4. The summed E-state index contributed by atoms with van der Waals surface area (Å²) < 4.78 is 27.6. The molecule has 2 aromatic heterocycles. The predicted octanol–water partition coefficient (Wildman–Crippen LogP) is -0.577. The molecule has 19 heavy (non-hydrogen) atoms. The first kappa shape index (κ1) is 13.7. The van der Waals surface area contributed by atoms with E-state index in [4.69, 9.17) is 5.73 Å². The van der Waals surface area contributed by atoms with Crippen LogP contribution in [0.3, 0.4) is 0 Å². The quantitative estimate of drug-likeness (QED) is 0.763. The van der Waals surface area contributed by atoms with Gasteiger partial charge in [0.1, 0.15) is 0 Å². The summed E-state index contributed by atoms with van der Waals surface area (Å²) in [5.74, 6) is 0. The van der Waals surface area contributed by atoms with Gasteiger partial charge in [0.15, 0.2) is 5.03 Å². The molecule has 0 fully saturated rings. The lowest BCUT2D eigenvalue weighted by molar-refractivity contribution is 0.462. The zero-order valence-corrected chi connectivity index (χ0v) is 11.6. The fraction of sp³-hybridized carbons (Fsp3) is 0.400. The van der Waals surface area contributed by atoms with Crippen molar-refractivity contribution in [3.05, 3.63) is 29.7 Å². The lowest BCUT2D eigenvalue weighted by Crippen LogP contribution is -2.27. The molecular formula is C10H16N6O2S. The van der Waals surface area contributed by atoms with Crippen molar-refractivity contribution < 1.29 is 8.42 Å². The summed E-state index contributed by atoms with van der Waals surface area (Å²) in [5, 5.41) is 10.3. The molecule has 0 aliphatic rings. The first-order valence-electron chi connectivity index (χ1n) is 5.61. The van der Waals surface area contributed by atoms with Gasteiger partial charge in [0.2, 0.25) is 0 Å². The SMILES string of the molecule is CN(Cc1cnn(C)c1)S(=O)(=O)c1[nH]ncc1CN. The molecule has 8 nitrogen and oxygen atoms in total. The molecule has 0 unspecified atom stereocenters. The van der Waals surface area contributed by atoms with E-state index in [-0.39, 0.29) is 18.1 Å². The van der Waals surface area contributed by atoms with Crippen LogP contribution in [0.1, 0.15) is 11.1 Å². The second-order valence-electron chi connectivity index (χ2n) is 4.21. The van der Waals surface area contributed by atoms with Crippen LogP contribution < -0.4 is 5.73 Å². The minimum atomic E-state index is -3.63. The molecule has 0 atom stereocenters. The summed E-state index contributed by atoms with van der Waals surface area (Å²) in [4.78, 5) is 0. The third-order valence-corrected chi connectivity index (χ3v) is 4.55. The molecule has 0 spiro atoms. The number of nitrogens with two attached hydrogens (primary N) is 1. The van der Waals surface area contributed by atoms with E-state index in [0.717, 1.165) is 5.56 Å². The van der Waals surface area contributed by atoms with Crippen molar-refractivity contribution in [1.29, 1.82) is 0 Å². The van der Waals surface area contributed by atoms with E-state index in [2.05, 4.69) is 15.3 Å². The fourth-order valence-corrected chi connectivity index (χ4v) is 2.99. The molecule has 3 N–H and O–H groups in total. The van der Waals surface area contributed by atoms with Crippen LogP contribution in [0, 0.1) is 0 Å². The Morgan fingerprint density at radius 2 is 2.21 bits per heavy atom. The fourth-order valence-electron chi connectivity index (χ4n) is 1.72. The Bertz CT molecular complexity index is 659. The Morgan fingerprint density at radius 1 is 1.47 bits per heavy atom. The van der Waals surface area contributed by atoms with Gasteiger partial charge in [-0.3, -0.25) is 9.78 Å². The van der Waals surface area contributed by atoms with E-state index in [9.17, 15) is 8.42 Å². The zero-order chi connectivity index (χ0) is 14.0. The summed E-state index contributed by atoms with van der Waals surface area (Å²) in [6.45, 7) is 0.352. The second-order valence-corrected chi connectivity index (χ2v) is 6.19. The molecule has 0 saturated heterocycles. The number of nitrogens with zero attached hydrogens (tertiary/aromatic N) is 4. The lowest BCUT2D eigenvalue weighted by Gasteiger charge is -2.15. The third-order valence-electron chi connectivity index (χ3n) is 2.73. The molecule has 0 aromatic carbocycles. The highest BCUT2D eigenvalue weighted by atomic mass is 32.2. The topological polar surface area (TPSA) is 110 Å². The van der Waals surface area contributed by atoms with Gasteiger partial charge in [0.05, 0.1) is 12.4 Å². The normalized spacial score (nSPS) is 12.2. The smallest absolute Gasteiger partial charge is 0.260 e. The van der Waals surface area contributed by atoms with E-state index < -0.39 is 10.0 Å². The summed E-state index contributed by atoms with van der Waals surface area (Å²) in [6, 6.07) is 0. The van der Waals surface area contributed by atoms with Gasteiger partial charge in [-0.15, -0.1) is 0 Å². The van der Waals surface area contributed by atoms with E-state index in [1.54, 1.807) is 24.1 Å². The Balaban J connectivity index is 2.24. The van der Waals surface area contributed by atoms with Gasteiger partial charge < -0.3 is 5.73 Å². The van der Waals surface area contributed by atoms with Crippen LogP contribution >= 0.6 is 0 Å². The van der Waals surface area contributed by atoms with Crippen molar-refractivity contribution in [2.24, 2.45) is 12.8 Å². The molecule has 2 heterocycles. The van der Waals surface area contributed by atoms with Crippen LogP contribution in [0.2, 0.25) is 0 Å². The number of sulfonamides is 1. The number of aromatic amines is 1. The van der Waals surface area contributed by atoms with Gasteiger partial charge in [-0.25, -0.2) is 8.42 Å². The number of H-pyrrole nitrogens is 1. The van der Waals surface area contributed by atoms with Crippen LogP contribution in [0.25, 0.3) is 0 Å². The van der Waals surface area contributed by atoms with Crippen LogP contribution in [-0.4, -0.2) is 39.7 Å². The molecule has 0 amide bonds. The van der Waals surface area contributed by atoms with Gasteiger partial charge in [-0.1, -0.05) is 0 Å². The number of aryl methyl sites for hydroxylation is 1. The standard InChI is InChI=1S/C10H16N6O2S/c1-15-6-8(4-13-15)7-16(2)19(17,18)10-9(3-11)5-12-14-10/h4-6H,3,7,11H2,1-2H3,(H,12,14). The van der Waals surface area contributed by atoms with Crippen molar-refractivity contribution in [3.63, 3.8) is 0 Å². The Labute approximate surface area is 111 Å². The molecule has 0 radical (unpaired) electrons. The third kappa shape index (κ3) is 2.67. The van der Waals surface area contributed by atoms with E-state index in [0.29, 0.717) is 5.56 Å². The molecule has 0 aliphatic heterocycles. The number of nitrogens with one attached hydrogen (secondary N) is 1. The monoisotopic (exact) mass is 284 g/mol. The average molecular weight is 284 g/mol. The van der Waals surface area contributed by atoms with Gasteiger partial charge in [0, 0.05) is 44.5 Å². The van der Waals surface area contributed by atoms with Crippen LogP contribution in [-0.2, 0) is 30.2 Å². The van der Waals surface area contributed by atoms with Gasteiger partial charge in [0.25, 0.3) is 10.0 Å². The highest BCUT2D eigenvalue weighted by molar-refractivity contribution is 7.89. The number of hydrogen-bond donors (Lipinski definition) is 2. The first-order valence-corrected chi connectivity index (χ1v) is 7.05. The maximum Gasteiger partial charge on any atom is 0.260 e. The van der Waals surface area contributed by atoms with Crippen LogP contribution in [0.4, 0.5) is 0 Å². The van der Waals surface area contributed by atoms with Crippen molar-refractivity contribution in [2.75, 3.05) is 7.05 Å². The summed E-state index contributed by atoms with van der Waals surface area (Å²) in [5.41, 5.74) is 6.77. The summed E-state index contributed by atoms with van der Waals surface area (Å²) in [7, 11) is -0.348. The number of hydrogen-bond acceptors (Lipinski definition) is 5. The largest absolute Gasteiger partial charge is 0.326 e. The molecule has 2 aromatic rings. The second kappa shape index (κ2) is 5.11. The van der Waals surface area contributed by atoms with Crippen molar-refractivity contribution in [3.8, 4) is 0 Å². The molecule has 0 bridgehead atoms. The highest BCUT2D eigenvalue weighted by Crippen LogP contribution is 2.17. The van der Waals surface area contributed by atoms with Gasteiger partial charge in [-0.05, 0) is 0 Å². The van der Waals surface area contributed by atoms with Crippen molar-refractivity contribution in [1.82, 2.24) is 24.3 Å². The molecule has 0 saturated carbocycles. The first-order chi connectivity index (χ1) is 8.95. The molecule has 9 heteroatoms. The number of aromatic nitrogens is 4. The molecular weight excluding hydrogens is 268 g/mol. The maximum absolute atomic E-state index is 12.4. The summed E-state index contributed by atoms with van der Waals surface area (Å²) in [6.07, 6.45) is 4.82. The van der Waals surface area contributed by atoms with Crippen molar-refractivity contribution in [2.45, 2.75) is 18.1 Å². The molecule has 0 aliphatic carbocycles.